The van der Waals surface area contributed by atoms with Crippen LogP contribution in [0.15, 0.2) is 70.2 Å². The summed E-state index contributed by atoms with van der Waals surface area (Å²) in [4.78, 5) is 20.3. The standard InChI is InChI=1S/C19H14FN5O2/c20-15-3-1-13(2-4-15)16-5-6-18(26)25(23-16)12-9-17-22-19(24-27-17)14-7-10-21-11-8-14/h1-8,10-11H,9,12H2. The van der Waals surface area contributed by atoms with Gasteiger partial charge in [0.25, 0.3) is 5.56 Å². The minimum Gasteiger partial charge on any atom is -0.339 e. The Bertz CT molecular complexity index is 1110. The third-order valence-corrected chi connectivity index (χ3v) is 3.95. The fraction of sp³-hybridized carbons (Fsp3) is 0.105. The van der Waals surface area contributed by atoms with E-state index in [0.717, 1.165) is 11.1 Å². The molecule has 0 aliphatic carbocycles. The highest BCUT2D eigenvalue weighted by Crippen LogP contribution is 2.16. The Morgan fingerprint density at radius 1 is 0.963 bits per heavy atom. The predicted octanol–water partition coefficient (Wildman–Crippen LogP) is 2.74. The first-order valence-corrected chi connectivity index (χ1v) is 8.26. The van der Waals surface area contributed by atoms with Crippen molar-refractivity contribution < 1.29 is 8.91 Å². The van der Waals surface area contributed by atoms with Gasteiger partial charge in [-0.15, -0.1) is 0 Å². The lowest BCUT2D eigenvalue weighted by Crippen LogP contribution is -2.23. The Kier molecular flexibility index (Phi) is 4.52. The van der Waals surface area contributed by atoms with Crippen molar-refractivity contribution in [2.75, 3.05) is 0 Å². The molecular formula is C19H14FN5O2. The summed E-state index contributed by atoms with van der Waals surface area (Å²) in [5.41, 5.74) is 1.86. The molecule has 0 radical (unpaired) electrons. The van der Waals surface area contributed by atoms with Crippen LogP contribution in [0.3, 0.4) is 0 Å². The van der Waals surface area contributed by atoms with E-state index in [1.54, 1.807) is 42.7 Å². The van der Waals surface area contributed by atoms with Gasteiger partial charge in [-0.1, -0.05) is 5.16 Å². The summed E-state index contributed by atoms with van der Waals surface area (Å²) >= 11 is 0. The molecule has 0 aliphatic rings. The molecule has 7 nitrogen and oxygen atoms in total. The molecule has 4 aromatic rings. The number of nitrogens with zero attached hydrogens (tertiary/aromatic N) is 5. The molecule has 134 valence electrons. The first kappa shape index (κ1) is 16.8. The van der Waals surface area contributed by atoms with Crippen molar-refractivity contribution in [3.63, 3.8) is 0 Å². The van der Waals surface area contributed by atoms with Gasteiger partial charge in [0.1, 0.15) is 5.82 Å². The summed E-state index contributed by atoms with van der Waals surface area (Å²) < 4.78 is 19.6. The maximum Gasteiger partial charge on any atom is 0.266 e. The summed E-state index contributed by atoms with van der Waals surface area (Å²) in [6, 6.07) is 12.6. The van der Waals surface area contributed by atoms with E-state index in [1.165, 1.54) is 22.9 Å². The normalized spacial score (nSPS) is 10.9. The first-order valence-electron chi connectivity index (χ1n) is 8.26. The molecule has 0 aliphatic heterocycles. The molecule has 0 atom stereocenters. The minimum atomic E-state index is -0.325. The number of aromatic nitrogens is 5. The topological polar surface area (TPSA) is 86.7 Å². The van der Waals surface area contributed by atoms with Gasteiger partial charge in [0.15, 0.2) is 0 Å². The van der Waals surface area contributed by atoms with E-state index in [0.29, 0.717) is 23.8 Å². The average Bonchev–Trinajstić information content (AvgIpc) is 3.18. The number of rotatable bonds is 5. The van der Waals surface area contributed by atoms with E-state index in [-0.39, 0.29) is 17.9 Å². The second-order valence-corrected chi connectivity index (χ2v) is 5.78. The Balaban J connectivity index is 1.51. The predicted molar refractivity (Wildman–Crippen MR) is 95.1 cm³/mol. The molecule has 8 heteroatoms. The van der Waals surface area contributed by atoms with Crippen LogP contribution in [-0.2, 0) is 13.0 Å². The minimum absolute atomic E-state index is 0.241. The molecule has 0 bridgehead atoms. The van der Waals surface area contributed by atoms with E-state index >= 15 is 0 Å². The van der Waals surface area contributed by atoms with E-state index < -0.39 is 0 Å². The number of pyridine rings is 1. The van der Waals surface area contributed by atoms with Gasteiger partial charge < -0.3 is 4.52 Å². The Morgan fingerprint density at radius 3 is 2.52 bits per heavy atom. The zero-order chi connectivity index (χ0) is 18.6. The maximum absolute atomic E-state index is 13.1. The zero-order valence-corrected chi connectivity index (χ0v) is 14.1. The molecule has 0 fully saturated rings. The average molecular weight is 363 g/mol. The van der Waals surface area contributed by atoms with Crippen LogP contribution in [0.1, 0.15) is 5.89 Å². The number of aryl methyl sites for hydroxylation is 2. The Hall–Kier alpha value is -3.68. The van der Waals surface area contributed by atoms with Gasteiger partial charge >= 0.3 is 0 Å². The monoisotopic (exact) mass is 363 g/mol. The highest BCUT2D eigenvalue weighted by molar-refractivity contribution is 5.57. The van der Waals surface area contributed by atoms with Gasteiger partial charge in [-0.05, 0) is 42.5 Å². The van der Waals surface area contributed by atoms with E-state index in [1.807, 2.05) is 0 Å². The molecule has 3 heterocycles. The molecule has 0 N–H and O–H groups in total. The molecule has 27 heavy (non-hydrogen) atoms. The van der Waals surface area contributed by atoms with Crippen molar-refractivity contribution in [3.8, 4) is 22.6 Å². The van der Waals surface area contributed by atoms with Crippen LogP contribution in [0.2, 0.25) is 0 Å². The summed E-state index contributed by atoms with van der Waals surface area (Å²) in [6.07, 6.45) is 3.66. The van der Waals surface area contributed by atoms with Crippen molar-refractivity contribution in [3.05, 3.63) is 83.0 Å². The fourth-order valence-corrected chi connectivity index (χ4v) is 2.56. The third-order valence-electron chi connectivity index (χ3n) is 3.95. The summed E-state index contributed by atoms with van der Waals surface area (Å²) in [6.45, 7) is 0.284. The van der Waals surface area contributed by atoms with Gasteiger partial charge in [-0.2, -0.15) is 10.1 Å². The van der Waals surface area contributed by atoms with Crippen molar-refractivity contribution in [1.82, 2.24) is 24.9 Å². The molecule has 0 saturated heterocycles. The molecular weight excluding hydrogens is 349 g/mol. The zero-order valence-electron chi connectivity index (χ0n) is 14.1. The largest absolute Gasteiger partial charge is 0.339 e. The van der Waals surface area contributed by atoms with E-state index in [2.05, 4.69) is 20.2 Å². The van der Waals surface area contributed by atoms with Crippen LogP contribution >= 0.6 is 0 Å². The molecule has 0 amide bonds. The Labute approximate surface area is 153 Å². The van der Waals surface area contributed by atoms with Crippen molar-refractivity contribution in [2.24, 2.45) is 0 Å². The number of hydrogen-bond acceptors (Lipinski definition) is 6. The number of halogens is 1. The van der Waals surface area contributed by atoms with Crippen LogP contribution in [0, 0.1) is 5.82 Å². The van der Waals surface area contributed by atoms with Crippen LogP contribution in [0.5, 0.6) is 0 Å². The molecule has 3 aromatic heterocycles. The first-order chi connectivity index (χ1) is 13.2. The highest BCUT2D eigenvalue weighted by Gasteiger charge is 2.10. The van der Waals surface area contributed by atoms with Gasteiger partial charge in [-0.25, -0.2) is 9.07 Å². The maximum atomic E-state index is 13.1. The summed E-state index contributed by atoms with van der Waals surface area (Å²) in [5.74, 6) is 0.545. The summed E-state index contributed by atoms with van der Waals surface area (Å²) in [5, 5.41) is 8.27. The Morgan fingerprint density at radius 2 is 1.74 bits per heavy atom. The number of benzene rings is 1. The lowest BCUT2D eigenvalue weighted by Gasteiger charge is -2.06. The van der Waals surface area contributed by atoms with Gasteiger partial charge in [0, 0.05) is 36.0 Å². The second kappa shape index (κ2) is 7.28. The lowest BCUT2D eigenvalue weighted by atomic mass is 10.1. The van der Waals surface area contributed by atoms with Gasteiger partial charge in [0.05, 0.1) is 12.2 Å². The van der Waals surface area contributed by atoms with Gasteiger partial charge in [-0.3, -0.25) is 9.78 Å². The van der Waals surface area contributed by atoms with Crippen molar-refractivity contribution >= 4 is 0 Å². The quantitative estimate of drug-likeness (QED) is 0.542. The van der Waals surface area contributed by atoms with Gasteiger partial charge in [0.2, 0.25) is 11.7 Å². The SMILES string of the molecule is O=c1ccc(-c2ccc(F)cc2)nn1CCc1nc(-c2ccncc2)no1. The molecule has 0 unspecified atom stereocenters. The smallest absolute Gasteiger partial charge is 0.266 e. The van der Waals surface area contributed by atoms with Crippen molar-refractivity contribution in [2.45, 2.75) is 13.0 Å². The fourth-order valence-electron chi connectivity index (χ4n) is 2.56. The van der Waals surface area contributed by atoms with Crippen LogP contribution in [0.4, 0.5) is 4.39 Å². The highest BCUT2D eigenvalue weighted by atomic mass is 19.1. The summed E-state index contributed by atoms with van der Waals surface area (Å²) in [7, 11) is 0. The molecule has 1 aromatic carbocycles. The van der Waals surface area contributed by atoms with Crippen LogP contribution in [0.25, 0.3) is 22.6 Å². The van der Waals surface area contributed by atoms with E-state index in [4.69, 9.17) is 4.52 Å². The molecule has 0 saturated carbocycles. The third kappa shape index (κ3) is 3.79. The number of hydrogen-bond donors (Lipinski definition) is 0. The van der Waals surface area contributed by atoms with Crippen LogP contribution < -0.4 is 5.56 Å². The van der Waals surface area contributed by atoms with Crippen LogP contribution in [-0.4, -0.2) is 24.9 Å². The molecule has 4 rings (SSSR count). The molecule has 0 spiro atoms. The van der Waals surface area contributed by atoms with E-state index in [9.17, 15) is 9.18 Å². The lowest BCUT2D eigenvalue weighted by molar-refractivity contribution is 0.368. The second-order valence-electron chi connectivity index (χ2n) is 5.78. The van der Waals surface area contributed by atoms with Crippen molar-refractivity contribution in [1.29, 1.82) is 0 Å².